The average Bonchev–Trinajstić information content (AvgIpc) is 3.27. The second-order valence-corrected chi connectivity index (χ2v) is 16.6. The van der Waals surface area contributed by atoms with Crippen molar-refractivity contribution in [1.29, 1.82) is 0 Å². The van der Waals surface area contributed by atoms with Crippen molar-refractivity contribution in [2.75, 3.05) is 13.2 Å². The summed E-state index contributed by atoms with van der Waals surface area (Å²) >= 11 is 0. The normalized spacial score (nSPS) is 13.1. The number of hydrogen-bond acceptors (Lipinski definition) is 2. The Morgan fingerprint density at radius 1 is 0.339 bits per heavy atom. The summed E-state index contributed by atoms with van der Waals surface area (Å²) in [6, 6.07) is 52.5. The highest BCUT2D eigenvalue weighted by Crippen LogP contribution is 2.43. The first-order valence-corrected chi connectivity index (χ1v) is 21.9. The first-order valence-electron chi connectivity index (χ1n) is 21.9. The Bertz CT molecular complexity index is 1810. The fourth-order valence-corrected chi connectivity index (χ4v) is 7.78. The molecule has 0 spiro atoms. The van der Waals surface area contributed by atoms with Gasteiger partial charge in [0.1, 0.15) is 11.5 Å². The summed E-state index contributed by atoms with van der Waals surface area (Å²) in [6.07, 6.45) is 2.01. The van der Waals surface area contributed by atoms with E-state index in [4.69, 9.17) is 9.47 Å². The molecule has 0 aromatic heterocycles. The molecule has 6 rings (SSSR count). The van der Waals surface area contributed by atoms with E-state index in [0.29, 0.717) is 11.8 Å². The summed E-state index contributed by atoms with van der Waals surface area (Å²) in [5.74, 6) is 4.21. The molecule has 6 aromatic rings. The third kappa shape index (κ3) is 12.0. The average molecular weight is 789 g/mol. The maximum absolute atomic E-state index is 6.44. The Hall–Kier alpha value is -5.08. The Labute approximate surface area is 359 Å². The van der Waals surface area contributed by atoms with E-state index in [1.165, 1.54) is 55.6 Å². The van der Waals surface area contributed by atoms with Crippen molar-refractivity contribution in [3.63, 3.8) is 0 Å². The molecule has 0 fully saturated rings. The number of rotatable bonds is 16. The molecule has 4 unspecified atom stereocenters. The molecular formula is C57H72O2. The molecule has 6 aromatic carbocycles. The molecule has 0 saturated carbocycles. The van der Waals surface area contributed by atoms with E-state index < -0.39 is 0 Å². The zero-order valence-corrected chi connectivity index (χ0v) is 37.0. The highest BCUT2D eigenvalue weighted by atomic mass is 16.5. The van der Waals surface area contributed by atoms with Gasteiger partial charge in [0, 0.05) is 45.9 Å². The molecule has 59 heavy (non-hydrogen) atoms. The monoisotopic (exact) mass is 789 g/mol. The van der Waals surface area contributed by atoms with Crippen molar-refractivity contribution >= 4 is 0 Å². The highest BCUT2D eigenvalue weighted by molar-refractivity contribution is 5.55. The molecule has 4 atom stereocenters. The van der Waals surface area contributed by atoms with Crippen LogP contribution in [0.3, 0.4) is 0 Å². The minimum atomic E-state index is 0. The fraction of sp³-hybridized carbons (Fsp3) is 0.368. The summed E-state index contributed by atoms with van der Waals surface area (Å²) < 4.78 is 12.9. The van der Waals surface area contributed by atoms with E-state index in [9.17, 15) is 0 Å². The van der Waals surface area contributed by atoms with Crippen LogP contribution in [0.4, 0.5) is 0 Å². The van der Waals surface area contributed by atoms with Crippen LogP contribution < -0.4 is 9.47 Å². The quantitative estimate of drug-likeness (QED) is 0.0972. The standard InChI is InChI=1S/2C28H34O.CH4/c2*1-6-17-29-28-26(21(4)23-13-9-7-10-14-23)18-25(20(2)3)19-27(28)22(5)24-15-11-8-12-16-24;/h2*7-16,18-22H,6,17H2,1-5H3;1H4. The van der Waals surface area contributed by atoms with Crippen LogP contribution in [0.1, 0.15) is 181 Å². The molecule has 0 aliphatic rings. The Morgan fingerprint density at radius 3 is 0.746 bits per heavy atom. The molecule has 0 saturated heterocycles. The largest absolute Gasteiger partial charge is 0.493 e. The molecule has 0 amide bonds. The topological polar surface area (TPSA) is 18.5 Å². The number of hydrogen-bond donors (Lipinski definition) is 0. The SMILES string of the molecule is C.CCCOc1c(C(C)c2ccccc2)cc(C(C)C)cc1C(C)c1ccccc1.CCCOc1c(C(C)c2ccccc2)cc(C(C)C)cc1C(C)c1ccccc1. The lowest BCUT2D eigenvalue weighted by atomic mass is 9.83. The lowest BCUT2D eigenvalue weighted by Gasteiger charge is -2.26. The minimum absolute atomic E-state index is 0. The van der Waals surface area contributed by atoms with E-state index in [1.54, 1.807) is 0 Å². The van der Waals surface area contributed by atoms with Gasteiger partial charge >= 0.3 is 0 Å². The lowest BCUT2D eigenvalue weighted by molar-refractivity contribution is 0.309. The van der Waals surface area contributed by atoms with Crippen LogP contribution >= 0.6 is 0 Å². The lowest BCUT2D eigenvalue weighted by Crippen LogP contribution is -2.10. The van der Waals surface area contributed by atoms with Gasteiger partial charge < -0.3 is 9.47 Å². The summed E-state index contributed by atoms with van der Waals surface area (Å²) in [5, 5.41) is 0. The van der Waals surface area contributed by atoms with Crippen molar-refractivity contribution in [1.82, 2.24) is 0 Å². The molecule has 0 heterocycles. The maximum atomic E-state index is 6.44. The van der Waals surface area contributed by atoms with Gasteiger partial charge in [-0.05, 0) is 58.1 Å². The molecule has 2 nitrogen and oxygen atoms in total. The second kappa shape index (κ2) is 22.9. The fourth-order valence-electron chi connectivity index (χ4n) is 7.78. The molecule has 0 N–H and O–H groups in total. The van der Waals surface area contributed by atoms with Crippen LogP contribution in [0.5, 0.6) is 11.5 Å². The first kappa shape index (κ1) is 46.6. The molecule has 0 radical (unpaired) electrons. The Kier molecular flexibility index (Phi) is 18.1. The molecule has 2 heteroatoms. The van der Waals surface area contributed by atoms with Crippen LogP contribution in [0.25, 0.3) is 0 Å². The molecule has 0 aliphatic heterocycles. The van der Waals surface area contributed by atoms with E-state index in [-0.39, 0.29) is 31.1 Å². The maximum Gasteiger partial charge on any atom is 0.126 e. The van der Waals surface area contributed by atoms with Crippen LogP contribution in [0.15, 0.2) is 146 Å². The van der Waals surface area contributed by atoms with E-state index in [2.05, 4.69) is 215 Å². The van der Waals surface area contributed by atoms with Crippen LogP contribution in [0.2, 0.25) is 0 Å². The molecular weight excluding hydrogens is 717 g/mol. The summed E-state index contributed by atoms with van der Waals surface area (Å²) in [5.41, 5.74) is 13.3. The van der Waals surface area contributed by atoms with Crippen molar-refractivity contribution < 1.29 is 9.47 Å². The zero-order chi connectivity index (χ0) is 41.6. The number of benzene rings is 6. The van der Waals surface area contributed by atoms with E-state index >= 15 is 0 Å². The van der Waals surface area contributed by atoms with Gasteiger partial charge in [-0.15, -0.1) is 0 Å². The van der Waals surface area contributed by atoms with E-state index in [1.807, 2.05) is 0 Å². The zero-order valence-electron chi connectivity index (χ0n) is 37.0. The van der Waals surface area contributed by atoms with Crippen LogP contribution in [-0.4, -0.2) is 13.2 Å². The highest BCUT2D eigenvalue weighted by Gasteiger charge is 2.25. The van der Waals surface area contributed by atoms with Gasteiger partial charge in [0.15, 0.2) is 0 Å². The summed E-state index contributed by atoms with van der Waals surface area (Å²) in [6.45, 7) is 24.1. The van der Waals surface area contributed by atoms with Crippen molar-refractivity contribution in [3.8, 4) is 11.5 Å². The van der Waals surface area contributed by atoms with Crippen molar-refractivity contribution in [3.05, 3.63) is 201 Å². The predicted octanol–water partition coefficient (Wildman–Crippen LogP) is 16.4. The Morgan fingerprint density at radius 2 is 0.559 bits per heavy atom. The molecule has 0 bridgehead atoms. The third-order valence-electron chi connectivity index (χ3n) is 11.6. The summed E-state index contributed by atoms with van der Waals surface area (Å²) in [7, 11) is 0. The van der Waals surface area contributed by atoms with Gasteiger partial charge in [-0.3, -0.25) is 0 Å². The van der Waals surface area contributed by atoms with Crippen molar-refractivity contribution in [2.24, 2.45) is 0 Å². The smallest absolute Gasteiger partial charge is 0.126 e. The van der Waals surface area contributed by atoms with Gasteiger partial charge in [0.25, 0.3) is 0 Å². The van der Waals surface area contributed by atoms with E-state index in [0.717, 1.165) is 37.6 Å². The van der Waals surface area contributed by atoms with Gasteiger partial charge in [-0.25, -0.2) is 0 Å². The molecule has 312 valence electrons. The predicted molar refractivity (Wildman–Crippen MR) is 255 cm³/mol. The Balaban J connectivity index is 0.000000256. The van der Waals surface area contributed by atoms with Gasteiger partial charge in [-0.1, -0.05) is 222 Å². The van der Waals surface area contributed by atoms with Gasteiger partial charge in [0.2, 0.25) is 0 Å². The second-order valence-electron chi connectivity index (χ2n) is 16.6. The minimum Gasteiger partial charge on any atom is -0.493 e. The molecule has 0 aliphatic carbocycles. The van der Waals surface area contributed by atoms with Crippen LogP contribution in [0, 0.1) is 0 Å². The summed E-state index contributed by atoms with van der Waals surface area (Å²) in [4.78, 5) is 0. The van der Waals surface area contributed by atoms with Gasteiger partial charge in [0.05, 0.1) is 13.2 Å². The van der Waals surface area contributed by atoms with Crippen molar-refractivity contribution in [2.45, 2.75) is 125 Å². The van der Waals surface area contributed by atoms with Gasteiger partial charge in [-0.2, -0.15) is 0 Å². The number of ether oxygens (including phenoxy) is 2. The van der Waals surface area contributed by atoms with Crippen LogP contribution in [-0.2, 0) is 0 Å². The third-order valence-corrected chi connectivity index (χ3v) is 11.6. The first-order chi connectivity index (χ1) is 28.0.